The standard InChI is InChI=1S/C60H111O11P/c1-4-7-10-13-16-19-22-24-26-27-28-29-31-33-36-39-42-45-48-51-60(64)71-57(53-67-58(62)49-46-43-40-37-35-32-30-25-23-20-17-14-11-8-5-2)55-69-72(65,66)68-54-56(52-61)70-59(63)50-47-44-41-38-34-21-18-15-12-9-6-3/h8,11,17,20,25,30,56-57,61H,4-7,9-10,12-16,18-19,21-24,26-29,31-55H2,1-3H3,(H,65,66)/b11-8-,20-17-,30-25-. The molecule has 0 spiro atoms. The van der Waals surface area contributed by atoms with Gasteiger partial charge in [-0.15, -0.1) is 0 Å². The fourth-order valence-corrected chi connectivity index (χ4v) is 9.33. The summed E-state index contributed by atoms with van der Waals surface area (Å²) in [6, 6.07) is 0. The zero-order chi connectivity index (χ0) is 52.7. The van der Waals surface area contributed by atoms with E-state index in [4.69, 9.17) is 23.3 Å². The number of phosphoric acid groups is 1. The predicted octanol–water partition coefficient (Wildman–Crippen LogP) is 17.6. The van der Waals surface area contributed by atoms with Crippen molar-refractivity contribution in [3.05, 3.63) is 36.5 Å². The van der Waals surface area contributed by atoms with E-state index in [1.807, 2.05) is 0 Å². The number of rotatable bonds is 56. The molecule has 0 saturated heterocycles. The second-order valence-electron chi connectivity index (χ2n) is 20.1. The van der Waals surface area contributed by atoms with Crippen LogP contribution in [0.25, 0.3) is 0 Å². The molecule has 0 radical (unpaired) electrons. The van der Waals surface area contributed by atoms with Crippen LogP contribution in [0, 0.1) is 0 Å². The smallest absolute Gasteiger partial charge is 0.462 e. The van der Waals surface area contributed by atoms with Crippen molar-refractivity contribution in [2.45, 2.75) is 303 Å². The van der Waals surface area contributed by atoms with Gasteiger partial charge in [0.1, 0.15) is 12.7 Å². The van der Waals surface area contributed by atoms with Gasteiger partial charge >= 0.3 is 25.7 Å². The topological polar surface area (TPSA) is 155 Å². The fraction of sp³-hybridized carbons (Fsp3) is 0.850. The van der Waals surface area contributed by atoms with Crippen LogP contribution in [-0.2, 0) is 42.2 Å². The molecule has 0 aromatic heterocycles. The van der Waals surface area contributed by atoms with Crippen LogP contribution in [0.4, 0.5) is 0 Å². The van der Waals surface area contributed by atoms with E-state index in [0.29, 0.717) is 19.3 Å². The van der Waals surface area contributed by atoms with Gasteiger partial charge in [-0.3, -0.25) is 23.4 Å². The number of ether oxygens (including phenoxy) is 3. The lowest BCUT2D eigenvalue weighted by Gasteiger charge is -2.21. The fourth-order valence-electron chi connectivity index (χ4n) is 8.55. The van der Waals surface area contributed by atoms with Gasteiger partial charge < -0.3 is 24.2 Å². The number of phosphoric ester groups is 1. The molecule has 0 saturated carbocycles. The summed E-state index contributed by atoms with van der Waals surface area (Å²) in [5, 5.41) is 9.80. The molecule has 0 heterocycles. The monoisotopic (exact) mass is 1040 g/mol. The summed E-state index contributed by atoms with van der Waals surface area (Å²) >= 11 is 0. The van der Waals surface area contributed by atoms with Gasteiger partial charge in [0.15, 0.2) is 6.10 Å². The van der Waals surface area contributed by atoms with Crippen molar-refractivity contribution in [1.82, 2.24) is 0 Å². The third kappa shape index (κ3) is 52.6. The second kappa shape index (κ2) is 54.9. The molecular formula is C60H111O11P. The van der Waals surface area contributed by atoms with Gasteiger partial charge in [-0.05, 0) is 51.4 Å². The van der Waals surface area contributed by atoms with Crippen LogP contribution in [0.1, 0.15) is 290 Å². The van der Waals surface area contributed by atoms with Gasteiger partial charge in [-0.2, -0.15) is 0 Å². The molecule has 0 aliphatic rings. The van der Waals surface area contributed by atoms with Crippen molar-refractivity contribution in [3.8, 4) is 0 Å². The zero-order valence-corrected chi connectivity index (χ0v) is 47.6. The number of unbranched alkanes of at least 4 members (excludes halogenated alkanes) is 33. The van der Waals surface area contributed by atoms with Gasteiger partial charge in [-0.25, -0.2) is 4.57 Å². The van der Waals surface area contributed by atoms with Crippen LogP contribution < -0.4 is 0 Å². The van der Waals surface area contributed by atoms with Crippen LogP contribution in [0.15, 0.2) is 36.5 Å². The van der Waals surface area contributed by atoms with E-state index < -0.39 is 57.8 Å². The molecule has 0 aromatic rings. The first-order chi connectivity index (χ1) is 35.2. The number of hydrogen-bond acceptors (Lipinski definition) is 10. The van der Waals surface area contributed by atoms with Crippen LogP contribution in [0.3, 0.4) is 0 Å². The SMILES string of the molecule is CC/C=C\C/C=C\C/C=C\CCCCCCCC(=O)OCC(COP(=O)(O)OCC(CO)OC(=O)CCCCCCCCCCCCC)OC(=O)CCCCCCCCCCCCCCCCCCCCC. The Kier molecular flexibility index (Phi) is 53.2. The number of hydrogen-bond donors (Lipinski definition) is 2. The summed E-state index contributed by atoms with van der Waals surface area (Å²) in [5.74, 6) is -1.46. The summed E-state index contributed by atoms with van der Waals surface area (Å²) in [7, 11) is -4.74. The van der Waals surface area contributed by atoms with Crippen molar-refractivity contribution >= 4 is 25.7 Å². The quantitative estimate of drug-likeness (QED) is 0.0197. The van der Waals surface area contributed by atoms with Crippen molar-refractivity contribution in [2.75, 3.05) is 26.4 Å². The van der Waals surface area contributed by atoms with Crippen LogP contribution in [-0.4, -0.2) is 66.5 Å². The minimum Gasteiger partial charge on any atom is -0.462 e. The minimum absolute atomic E-state index is 0.170. The first-order valence-corrected chi connectivity index (χ1v) is 31.4. The van der Waals surface area contributed by atoms with Gasteiger partial charge in [0.05, 0.1) is 19.8 Å². The molecule has 0 aliphatic carbocycles. The van der Waals surface area contributed by atoms with E-state index in [1.54, 1.807) is 0 Å². The molecule has 0 amide bonds. The molecule has 0 aromatic carbocycles. The molecule has 11 nitrogen and oxygen atoms in total. The Hall–Kier alpha value is -2.30. The molecule has 3 unspecified atom stereocenters. The normalized spacial score (nSPS) is 13.6. The van der Waals surface area contributed by atoms with Crippen molar-refractivity contribution in [1.29, 1.82) is 0 Å². The van der Waals surface area contributed by atoms with Crippen LogP contribution in [0.5, 0.6) is 0 Å². The molecule has 72 heavy (non-hydrogen) atoms. The summed E-state index contributed by atoms with van der Waals surface area (Å²) in [4.78, 5) is 48.5. The van der Waals surface area contributed by atoms with Gasteiger partial charge in [0, 0.05) is 19.3 Å². The Morgan fingerprint density at radius 3 is 1.11 bits per heavy atom. The highest BCUT2D eigenvalue weighted by molar-refractivity contribution is 7.47. The van der Waals surface area contributed by atoms with Crippen LogP contribution in [0.2, 0.25) is 0 Å². The first-order valence-electron chi connectivity index (χ1n) is 29.9. The Morgan fingerprint density at radius 1 is 0.403 bits per heavy atom. The molecule has 12 heteroatoms. The Labute approximate surface area is 441 Å². The van der Waals surface area contributed by atoms with Crippen molar-refractivity contribution in [2.24, 2.45) is 0 Å². The molecule has 422 valence electrons. The lowest BCUT2D eigenvalue weighted by Crippen LogP contribution is -2.30. The van der Waals surface area contributed by atoms with E-state index in [2.05, 4.69) is 57.2 Å². The highest BCUT2D eigenvalue weighted by Crippen LogP contribution is 2.43. The highest BCUT2D eigenvalue weighted by atomic mass is 31.2. The second-order valence-corrected chi connectivity index (χ2v) is 21.6. The van der Waals surface area contributed by atoms with E-state index in [9.17, 15) is 28.9 Å². The number of aliphatic hydroxyl groups is 1. The van der Waals surface area contributed by atoms with Gasteiger partial charge in [0.25, 0.3) is 0 Å². The minimum atomic E-state index is -4.74. The lowest BCUT2D eigenvalue weighted by molar-refractivity contribution is -0.161. The molecule has 3 atom stereocenters. The molecular weight excluding hydrogens is 928 g/mol. The van der Waals surface area contributed by atoms with Crippen molar-refractivity contribution < 1.29 is 52.2 Å². The average molecular weight is 1040 g/mol. The molecule has 0 fully saturated rings. The Balaban J connectivity index is 4.69. The molecule has 0 bridgehead atoms. The maximum atomic E-state index is 12.9. The lowest BCUT2D eigenvalue weighted by atomic mass is 10.0. The summed E-state index contributed by atoms with van der Waals surface area (Å²) in [6.45, 7) is 4.56. The summed E-state index contributed by atoms with van der Waals surface area (Å²) < 4.78 is 39.5. The number of carbonyl (C=O) groups is 3. The third-order valence-electron chi connectivity index (χ3n) is 13.1. The van der Waals surface area contributed by atoms with Gasteiger partial charge in [-0.1, -0.05) is 256 Å². The first kappa shape index (κ1) is 69.7. The Bertz CT molecular complexity index is 1350. The maximum Gasteiger partial charge on any atom is 0.472 e. The Morgan fingerprint density at radius 2 is 0.722 bits per heavy atom. The van der Waals surface area contributed by atoms with E-state index in [-0.39, 0.29) is 25.9 Å². The molecule has 0 aliphatic heterocycles. The summed E-state index contributed by atoms with van der Waals surface area (Å²) in [5.41, 5.74) is 0. The largest absolute Gasteiger partial charge is 0.472 e. The molecule has 0 rings (SSSR count). The van der Waals surface area contributed by atoms with E-state index >= 15 is 0 Å². The van der Waals surface area contributed by atoms with Crippen LogP contribution >= 0.6 is 7.82 Å². The average Bonchev–Trinajstić information content (AvgIpc) is 3.37. The number of aliphatic hydroxyl groups excluding tert-OH is 1. The summed E-state index contributed by atoms with van der Waals surface area (Å²) in [6.07, 6.45) is 56.8. The van der Waals surface area contributed by atoms with Crippen molar-refractivity contribution in [3.63, 3.8) is 0 Å². The van der Waals surface area contributed by atoms with E-state index in [0.717, 1.165) is 89.9 Å². The number of carbonyl (C=O) groups excluding carboxylic acids is 3. The zero-order valence-electron chi connectivity index (χ0n) is 46.7. The van der Waals surface area contributed by atoms with E-state index in [1.165, 1.54) is 141 Å². The number of allylic oxidation sites excluding steroid dienone is 6. The highest BCUT2D eigenvalue weighted by Gasteiger charge is 2.28. The maximum absolute atomic E-state index is 12.9. The third-order valence-corrected chi connectivity index (χ3v) is 14.0. The number of esters is 3. The van der Waals surface area contributed by atoms with Gasteiger partial charge in [0.2, 0.25) is 0 Å². The predicted molar refractivity (Wildman–Crippen MR) is 298 cm³/mol. The molecule has 2 N–H and O–H groups in total.